The highest BCUT2D eigenvalue weighted by atomic mass is 35.5. The fourth-order valence-electron chi connectivity index (χ4n) is 2.31. The molecule has 0 aliphatic heterocycles. The SMILES string of the molecule is Cc1cc(Cl)c(C(C)C)cc1OC(C)c1cccc(N)c1. The van der Waals surface area contributed by atoms with Crippen molar-refractivity contribution in [1.82, 2.24) is 0 Å². The van der Waals surface area contributed by atoms with E-state index in [4.69, 9.17) is 22.1 Å². The molecule has 0 fully saturated rings. The van der Waals surface area contributed by atoms with Gasteiger partial charge < -0.3 is 10.5 Å². The Labute approximate surface area is 131 Å². The number of rotatable bonds is 4. The zero-order valence-electron chi connectivity index (χ0n) is 13.0. The minimum absolute atomic E-state index is 0.0617. The topological polar surface area (TPSA) is 35.2 Å². The largest absolute Gasteiger partial charge is 0.486 e. The number of hydrogen-bond donors (Lipinski definition) is 1. The maximum Gasteiger partial charge on any atom is 0.123 e. The summed E-state index contributed by atoms with van der Waals surface area (Å²) < 4.78 is 6.12. The quantitative estimate of drug-likeness (QED) is 0.757. The summed E-state index contributed by atoms with van der Waals surface area (Å²) in [6.45, 7) is 8.29. The molecule has 3 heteroatoms. The van der Waals surface area contributed by atoms with Crippen molar-refractivity contribution < 1.29 is 4.74 Å². The summed E-state index contributed by atoms with van der Waals surface area (Å²) in [7, 11) is 0. The van der Waals surface area contributed by atoms with Crippen LogP contribution in [0.5, 0.6) is 5.75 Å². The van der Waals surface area contributed by atoms with Crippen molar-refractivity contribution in [1.29, 1.82) is 0 Å². The molecule has 2 N–H and O–H groups in total. The van der Waals surface area contributed by atoms with Gasteiger partial charge in [0, 0.05) is 10.7 Å². The molecular weight excluding hydrogens is 282 g/mol. The lowest BCUT2D eigenvalue weighted by atomic mass is 10.0. The molecule has 21 heavy (non-hydrogen) atoms. The number of anilines is 1. The molecule has 0 aromatic heterocycles. The van der Waals surface area contributed by atoms with Crippen molar-refractivity contribution in [2.75, 3.05) is 5.73 Å². The summed E-state index contributed by atoms with van der Waals surface area (Å²) in [5.41, 5.74) is 9.79. The van der Waals surface area contributed by atoms with Gasteiger partial charge in [-0.2, -0.15) is 0 Å². The van der Waals surface area contributed by atoms with Gasteiger partial charge in [-0.3, -0.25) is 0 Å². The molecule has 0 saturated heterocycles. The van der Waals surface area contributed by atoms with Gasteiger partial charge >= 0.3 is 0 Å². The van der Waals surface area contributed by atoms with Crippen molar-refractivity contribution in [3.05, 3.63) is 58.1 Å². The minimum Gasteiger partial charge on any atom is -0.486 e. The van der Waals surface area contributed by atoms with Crippen LogP contribution < -0.4 is 10.5 Å². The second-order valence-electron chi connectivity index (χ2n) is 5.72. The first kappa shape index (κ1) is 15.7. The number of nitrogens with two attached hydrogens (primary N) is 1. The second kappa shape index (κ2) is 6.40. The first-order valence-corrected chi connectivity index (χ1v) is 7.58. The number of aryl methyl sites for hydroxylation is 1. The maximum absolute atomic E-state index is 6.30. The molecule has 0 saturated carbocycles. The van der Waals surface area contributed by atoms with E-state index in [1.54, 1.807) is 0 Å². The van der Waals surface area contributed by atoms with Gasteiger partial charge in [-0.25, -0.2) is 0 Å². The number of hydrogen-bond acceptors (Lipinski definition) is 2. The summed E-state index contributed by atoms with van der Waals surface area (Å²) in [6, 6.07) is 11.8. The molecule has 0 heterocycles. The number of ether oxygens (including phenoxy) is 1. The van der Waals surface area contributed by atoms with Gasteiger partial charge in [0.15, 0.2) is 0 Å². The van der Waals surface area contributed by atoms with Gasteiger partial charge in [0.25, 0.3) is 0 Å². The highest BCUT2D eigenvalue weighted by Crippen LogP contribution is 2.33. The number of benzene rings is 2. The standard InChI is InChI=1S/C18H22ClNO/c1-11(2)16-10-18(12(3)8-17(16)19)21-13(4)14-6-5-7-15(20)9-14/h5-11,13H,20H2,1-4H3. The lowest BCUT2D eigenvalue weighted by Gasteiger charge is -2.19. The van der Waals surface area contributed by atoms with E-state index in [0.29, 0.717) is 5.92 Å². The van der Waals surface area contributed by atoms with E-state index < -0.39 is 0 Å². The van der Waals surface area contributed by atoms with Crippen molar-refractivity contribution in [2.24, 2.45) is 0 Å². The lowest BCUT2D eigenvalue weighted by Crippen LogP contribution is -2.05. The third-order valence-corrected chi connectivity index (χ3v) is 3.93. The Bertz CT molecular complexity index is 637. The van der Waals surface area contributed by atoms with Gasteiger partial charge in [-0.1, -0.05) is 37.6 Å². The Balaban J connectivity index is 2.28. The zero-order valence-corrected chi connectivity index (χ0v) is 13.7. The average molecular weight is 304 g/mol. The Morgan fingerprint density at radius 3 is 2.43 bits per heavy atom. The van der Waals surface area contributed by atoms with Crippen LogP contribution in [0.4, 0.5) is 5.69 Å². The second-order valence-corrected chi connectivity index (χ2v) is 6.13. The van der Waals surface area contributed by atoms with Crippen LogP contribution in [-0.2, 0) is 0 Å². The van der Waals surface area contributed by atoms with Crippen LogP contribution in [0.2, 0.25) is 5.02 Å². The first-order chi connectivity index (χ1) is 9.88. The van der Waals surface area contributed by atoms with E-state index in [2.05, 4.69) is 13.8 Å². The van der Waals surface area contributed by atoms with Crippen LogP contribution in [0.25, 0.3) is 0 Å². The molecule has 112 valence electrons. The van der Waals surface area contributed by atoms with Gasteiger partial charge in [0.2, 0.25) is 0 Å². The molecule has 0 spiro atoms. The summed E-state index contributed by atoms with van der Waals surface area (Å²) in [5.74, 6) is 1.24. The van der Waals surface area contributed by atoms with Gasteiger partial charge in [-0.05, 0) is 60.7 Å². The fourth-order valence-corrected chi connectivity index (χ4v) is 2.74. The summed E-state index contributed by atoms with van der Waals surface area (Å²) in [6.07, 6.45) is -0.0617. The third-order valence-electron chi connectivity index (χ3n) is 3.60. The molecule has 0 bridgehead atoms. The molecular formula is C18H22ClNO. The molecule has 0 aliphatic rings. The van der Waals surface area contributed by atoms with E-state index >= 15 is 0 Å². The lowest BCUT2D eigenvalue weighted by molar-refractivity contribution is 0.225. The van der Waals surface area contributed by atoms with E-state index in [1.165, 1.54) is 0 Å². The fraction of sp³-hybridized carbons (Fsp3) is 0.333. The maximum atomic E-state index is 6.30. The van der Waals surface area contributed by atoms with E-state index in [9.17, 15) is 0 Å². The van der Waals surface area contributed by atoms with Gasteiger partial charge in [0.1, 0.15) is 11.9 Å². The molecule has 2 nitrogen and oxygen atoms in total. The first-order valence-electron chi connectivity index (χ1n) is 7.20. The number of halogens is 1. The van der Waals surface area contributed by atoms with E-state index in [0.717, 1.165) is 33.1 Å². The summed E-state index contributed by atoms with van der Waals surface area (Å²) >= 11 is 6.30. The van der Waals surface area contributed by atoms with Crippen LogP contribution in [0.3, 0.4) is 0 Å². The molecule has 2 aromatic rings. The van der Waals surface area contributed by atoms with Crippen molar-refractivity contribution >= 4 is 17.3 Å². The van der Waals surface area contributed by atoms with Crippen molar-refractivity contribution in [2.45, 2.75) is 39.7 Å². The summed E-state index contributed by atoms with van der Waals surface area (Å²) in [4.78, 5) is 0. The predicted molar refractivity (Wildman–Crippen MR) is 90.2 cm³/mol. The number of nitrogen functional groups attached to an aromatic ring is 1. The molecule has 0 radical (unpaired) electrons. The molecule has 2 rings (SSSR count). The minimum atomic E-state index is -0.0617. The zero-order chi connectivity index (χ0) is 15.6. The van der Waals surface area contributed by atoms with E-state index in [1.807, 2.05) is 50.2 Å². The Kier molecular flexibility index (Phi) is 4.79. The van der Waals surface area contributed by atoms with Crippen molar-refractivity contribution in [3.63, 3.8) is 0 Å². The Morgan fingerprint density at radius 2 is 1.81 bits per heavy atom. The van der Waals surface area contributed by atoms with Crippen LogP contribution in [-0.4, -0.2) is 0 Å². The average Bonchev–Trinajstić information content (AvgIpc) is 2.41. The van der Waals surface area contributed by atoms with Crippen LogP contribution in [0, 0.1) is 6.92 Å². The van der Waals surface area contributed by atoms with Crippen LogP contribution in [0.15, 0.2) is 36.4 Å². The molecule has 1 unspecified atom stereocenters. The van der Waals surface area contributed by atoms with Gasteiger partial charge in [-0.15, -0.1) is 0 Å². The highest BCUT2D eigenvalue weighted by molar-refractivity contribution is 6.31. The van der Waals surface area contributed by atoms with Gasteiger partial charge in [0.05, 0.1) is 0 Å². The highest BCUT2D eigenvalue weighted by Gasteiger charge is 2.13. The van der Waals surface area contributed by atoms with E-state index in [-0.39, 0.29) is 6.10 Å². The smallest absolute Gasteiger partial charge is 0.123 e. The van der Waals surface area contributed by atoms with Crippen molar-refractivity contribution in [3.8, 4) is 5.75 Å². The third kappa shape index (κ3) is 3.70. The predicted octanol–water partition coefficient (Wildman–Crippen LogP) is 5.49. The van der Waals surface area contributed by atoms with Crippen LogP contribution in [0.1, 0.15) is 49.5 Å². The monoisotopic (exact) mass is 303 g/mol. The van der Waals surface area contributed by atoms with Crippen LogP contribution >= 0.6 is 11.6 Å². The molecule has 2 aromatic carbocycles. The Hall–Kier alpha value is -1.67. The summed E-state index contributed by atoms with van der Waals surface area (Å²) in [5, 5.41) is 0.798. The molecule has 1 atom stereocenters. The Morgan fingerprint density at radius 1 is 1.10 bits per heavy atom. The molecule has 0 aliphatic carbocycles. The normalized spacial score (nSPS) is 12.5. The molecule has 0 amide bonds.